The van der Waals surface area contributed by atoms with E-state index in [1.165, 1.54) is 0 Å². The molecule has 2 aliphatic carbocycles. The SMILES string of the molecule is C#CC1=C[C@@H]2[C@H](C1)C[C@@]2(CN)C(C(=O)O)C(C)(C)C. The number of nitrogens with two attached hydrogens (primary N) is 1. The van der Waals surface area contributed by atoms with Crippen molar-refractivity contribution in [3.05, 3.63) is 11.6 Å². The molecule has 19 heavy (non-hydrogen) atoms. The summed E-state index contributed by atoms with van der Waals surface area (Å²) in [5.41, 5.74) is 6.39. The maximum Gasteiger partial charge on any atom is 0.307 e. The van der Waals surface area contributed by atoms with Crippen molar-refractivity contribution in [2.75, 3.05) is 6.54 Å². The quantitative estimate of drug-likeness (QED) is 0.766. The molecule has 2 rings (SSSR count). The van der Waals surface area contributed by atoms with Gasteiger partial charge in [0.15, 0.2) is 0 Å². The van der Waals surface area contributed by atoms with E-state index in [0.717, 1.165) is 18.4 Å². The lowest BCUT2D eigenvalue weighted by Crippen LogP contribution is -2.59. The summed E-state index contributed by atoms with van der Waals surface area (Å²) in [7, 11) is 0. The average Bonchev–Trinajstić information content (AvgIpc) is 2.61. The molecule has 0 aliphatic heterocycles. The van der Waals surface area contributed by atoms with E-state index in [0.29, 0.717) is 12.5 Å². The third kappa shape index (κ3) is 1.99. The summed E-state index contributed by atoms with van der Waals surface area (Å²) in [4.78, 5) is 11.8. The second kappa shape index (κ2) is 4.38. The lowest BCUT2D eigenvalue weighted by molar-refractivity contribution is -0.166. The van der Waals surface area contributed by atoms with Crippen LogP contribution in [0.3, 0.4) is 0 Å². The summed E-state index contributed by atoms with van der Waals surface area (Å²) >= 11 is 0. The molecule has 0 aromatic rings. The number of rotatable bonds is 3. The Balaban J connectivity index is 2.38. The van der Waals surface area contributed by atoms with Gasteiger partial charge in [0.05, 0.1) is 5.92 Å². The molecule has 1 unspecified atom stereocenters. The predicted molar refractivity (Wildman–Crippen MR) is 75.2 cm³/mol. The first-order valence-electron chi connectivity index (χ1n) is 6.86. The third-order valence-electron chi connectivity index (χ3n) is 4.93. The molecule has 1 fully saturated rings. The van der Waals surface area contributed by atoms with Crippen LogP contribution in [0.15, 0.2) is 11.6 Å². The predicted octanol–water partition coefficient (Wildman–Crippen LogP) is 2.28. The van der Waals surface area contributed by atoms with Gasteiger partial charge < -0.3 is 10.8 Å². The second-order valence-corrected chi connectivity index (χ2v) is 7.10. The summed E-state index contributed by atoms with van der Waals surface area (Å²) in [6.45, 7) is 6.36. The Morgan fingerprint density at radius 3 is 2.74 bits per heavy atom. The molecule has 3 nitrogen and oxygen atoms in total. The molecule has 3 N–H and O–H groups in total. The molecular formula is C16H23NO2. The van der Waals surface area contributed by atoms with Crippen molar-refractivity contribution < 1.29 is 9.90 Å². The lowest BCUT2D eigenvalue weighted by atomic mass is 9.46. The standard InChI is InChI=1S/C16H23NO2/c1-5-10-6-11-8-16(9-17,12(11)7-10)13(14(18)19)15(2,3)4/h1,7,11-13H,6,8-9,17H2,2-4H3,(H,18,19)/t11-,12-,13?,16+/m1/s1. The highest BCUT2D eigenvalue weighted by Crippen LogP contribution is 2.63. The third-order valence-corrected chi connectivity index (χ3v) is 4.93. The van der Waals surface area contributed by atoms with Crippen molar-refractivity contribution in [1.29, 1.82) is 0 Å². The number of allylic oxidation sites excluding steroid dienone is 2. The molecule has 2 aliphatic rings. The van der Waals surface area contributed by atoms with Crippen LogP contribution in [0.2, 0.25) is 0 Å². The van der Waals surface area contributed by atoms with Gasteiger partial charge in [-0.3, -0.25) is 4.79 Å². The Hall–Kier alpha value is -1.27. The summed E-state index contributed by atoms with van der Waals surface area (Å²) in [5.74, 6) is 2.28. The molecule has 0 aromatic carbocycles. The molecule has 0 aromatic heterocycles. The van der Waals surface area contributed by atoms with E-state index < -0.39 is 11.9 Å². The van der Waals surface area contributed by atoms with E-state index in [1.807, 2.05) is 20.8 Å². The molecule has 4 atom stereocenters. The molecule has 0 radical (unpaired) electrons. The van der Waals surface area contributed by atoms with Gasteiger partial charge in [-0.1, -0.05) is 32.8 Å². The number of hydrogen-bond acceptors (Lipinski definition) is 2. The van der Waals surface area contributed by atoms with Crippen molar-refractivity contribution >= 4 is 5.97 Å². The highest BCUT2D eigenvalue weighted by atomic mass is 16.4. The van der Waals surface area contributed by atoms with E-state index in [2.05, 4.69) is 12.0 Å². The Morgan fingerprint density at radius 2 is 2.32 bits per heavy atom. The fourth-order valence-corrected chi connectivity index (χ4v) is 4.36. The number of carboxylic acid groups (broad SMARTS) is 1. The first kappa shape index (κ1) is 14.1. The molecule has 1 saturated carbocycles. The largest absolute Gasteiger partial charge is 0.481 e. The van der Waals surface area contributed by atoms with Crippen molar-refractivity contribution in [2.24, 2.45) is 34.3 Å². The Kier molecular flexibility index (Phi) is 3.26. The molecule has 0 heterocycles. The van der Waals surface area contributed by atoms with Gasteiger partial charge in [0.1, 0.15) is 0 Å². The normalized spacial score (nSPS) is 34.8. The summed E-state index contributed by atoms with van der Waals surface area (Å²) < 4.78 is 0. The van der Waals surface area contributed by atoms with Gasteiger partial charge in [0.25, 0.3) is 0 Å². The highest BCUT2D eigenvalue weighted by molar-refractivity contribution is 5.73. The first-order chi connectivity index (χ1) is 8.76. The smallest absolute Gasteiger partial charge is 0.307 e. The van der Waals surface area contributed by atoms with Crippen LogP contribution in [0.4, 0.5) is 0 Å². The summed E-state index contributed by atoms with van der Waals surface area (Å²) in [6, 6.07) is 0. The van der Waals surface area contributed by atoms with E-state index >= 15 is 0 Å². The minimum Gasteiger partial charge on any atom is -0.481 e. The van der Waals surface area contributed by atoms with Crippen molar-refractivity contribution in [3.63, 3.8) is 0 Å². The maximum atomic E-state index is 11.8. The van der Waals surface area contributed by atoms with Crippen LogP contribution in [-0.2, 0) is 4.79 Å². The monoisotopic (exact) mass is 261 g/mol. The molecule has 0 bridgehead atoms. The van der Waals surface area contributed by atoms with Crippen LogP contribution >= 0.6 is 0 Å². The zero-order chi connectivity index (χ0) is 14.4. The van der Waals surface area contributed by atoms with E-state index in [9.17, 15) is 9.90 Å². The minimum absolute atomic E-state index is 0.240. The molecule has 104 valence electrons. The van der Waals surface area contributed by atoms with E-state index in [1.54, 1.807) is 0 Å². The number of carbonyl (C=O) groups is 1. The van der Waals surface area contributed by atoms with Gasteiger partial charge >= 0.3 is 5.97 Å². The van der Waals surface area contributed by atoms with Crippen LogP contribution in [-0.4, -0.2) is 17.6 Å². The first-order valence-corrected chi connectivity index (χ1v) is 6.86. The summed E-state index contributed by atoms with van der Waals surface area (Å²) in [6.07, 6.45) is 9.37. The van der Waals surface area contributed by atoms with Gasteiger partial charge in [-0.15, -0.1) is 6.42 Å². The second-order valence-electron chi connectivity index (χ2n) is 7.10. The molecule has 0 amide bonds. The maximum absolute atomic E-state index is 11.8. The van der Waals surface area contributed by atoms with E-state index in [4.69, 9.17) is 12.2 Å². The highest BCUT2D eigenvalue weighted by Gasteiger charge is 2.62. The van der Waals surface area contributed by atoms with Gasteiger partial charge in [-0.05, 0) is 42.2 Å². The molecule has 3 heteroatoms. The van der Waals surface area contributed by atoms with Crippen molar-refractivity contribution in [2.45, 2.75) is 33.6 Å². The van der Waals surface area contributed by atoms with Crippen molar-refractivity contribution in [1.82, 2.24) is 0 Å². The summed E-state index contributed by atoms with van der Waals surface area (Å²) in [5, 5.41) is 9.67. The molecule has 0 saturated heterocycles. The van der Waals surface area contributed by atoms with Gasteiger partial charge in [-0.25, -0.2) is 0 Å². The minimum atomic E-state index is -0.737. The molecular weight excluding hydrogens is 238 g/mol. The number of fused-ring (bicyclic) bond motifs is 1. The van der Waals surface area contributed by atoms with Crippen LogP contribution in [0, 0.1) is 40.9 Å². The van der Waals surface area contributed by atoms with E-state index in [-0.39, 0.29) is 16.7 Å². The molecule has 0 spiro atoms. The van der Waals surface area contributed by atoms with Crippen LogP contribution < -0.4 is 5.73 Å². The zero-order valence-electron chi connectivity index (χ0n) is 11.9. The number of hydrogen-bond donors (Lipinski definition) is 2. The van der Waals surface area contributed by atoms with Crippen LogP contribution in [0.25, 0.3) is 0 Å². The van der Waals surface area contributed by atoms with Crippen LogP contribution in [0.5, 0.6) is 0 Å². The average molecular weight is 261 g/mol. The zero-order valence-corrected chi connectivity index (χ0v) is 11.9. The fourth-order valence-electron chi connectivity index (χ4n) is 4.36. The van der Waals surface area contributed by atoms with Crippen LogP contribution in [0.1, 0.15) is 33.6 Å². The van der Waals surface area contributed by atoms with Gasteiger partial charge in [0, 0.05) is 5.41 Å². The Bertz CT molecular complexity index is 466. The fraction of sp³-hybridized carbons (Fsp3) is 0.688. The Morgan fingerprint density at radius 1 is 1.68 bits per heavy atom. The lowest BCUT2D eigenvalue weighted by Gasteiger charge is -2.57. The number of aliphatic carboxylic acids is 1. The number of carboxylic acids is 1. The van der Waals surface area contributed by atoms with Gasteiger partial charge in [0.2, 0.25) is 0 Å². The Labute approximate surface area is 115 Å². The topological polar surface area (TPSA) is 63.3 Å². The van der Waals surface area contributed by atoms with Gasteiger partial charge in [-0.2, -0.15) is 0 Å². The van der Waals surface area contributed by atoms with Crippen molar-refractivity contribution in [3.8, 4) is 12.3 Å². The number of terminal acetylenes is 1.